The molecule has 0 unspecified atom stereocenters. The van der Waals surface area contributed by atoms with Crippen molar-refractivity contribution in [2.45, 2.75) is 51.9 Å². The third-order valence-electron chi connectivity index (χ3n) is 2.28. The van der Waals surface area contributed by atoms with Gasteiger partial charge in [-0.1, -0.05) is 45.4 Å². The van der Waals surface area contributed by atoms with E-state index in [9.17, 15) is 0 Å². The smallest absolute Gasteiger partial charge is 0.0612 e. The molecule has 0 fully saturated rings. The highest BCUT2D eigenvalue weighted by Gasteiger charge is 1.89. The highest BCUT2D eigenvalue weighted by atomic mass is 15.0. The summed E-state index contributed by atoms with van der Waals surface area (Å²) in [6, 6.07) is 0. The molecular formula is C13H26N2. The van der Waals surface area contributed by atoms with Crippen LogP contribution in [0.15, 0.2) is 11.2 Å². The molecule has 0 radical (unpaired) electrons. The Balaban J connectivity index is 3.14. The Morgan fingerprint density at radius 1 is 1.00 bits per heavy atom. The maximum atomic E-state index is 4.20. The van der Waals surface area contributed by atoms with E-state index in [0.29, 0.717) is 0 Å². The van der Waals surface area contributed by atoms with Crippen molar-refractivity contribution in [3.05, 3.63) is 6.20 Å². The zero-order valence-electron chi connectivity index (χ0n) is 10.6. The molecule has 0 rings (SSSR count). The summed E-state index contributed by atoms with van der Waals surface area (Å²) in [7, 11) is 3.96. The van der Waals surface area contributed by atoms with Crippen LogP contribution in [0, 0.1) is 0 Å². The van der Waals surface area contributed by atoms with Crippen molar-refractivity contribution in [2.24, 2.45) is 4.99 Å². The lowest BCUT2D eigenvalue weighted by Gasteiger charge is -1.99. The van der Waals surface area contributed by atoms with Crippen molar-refractivity contribution in [3.63, 3.8) is 0 Å². The van der Waals surface area contributed by atoms with Crippen molar-refractivity contribution in [1.82, 2.24) is 4.90 Å². The van der Waals surface area contributed by atoms with Crippen LogP contribution in [0.25, 0.3) is 0 Å². The standard InChI is InChI=1S/C13H26N2/c1-4-5-6-7-8-9-10-11-14-12-13-15(2)3/h13H,4-11H2,1-3H3. The summed E-state index contributed by atoms with van der Waals surface area (Å²) in [5.41, 5.74) is 0. The summed E-state index contributed by atoms with van der Waals surface area (Å²) in [5.74, 6) is 2.92. The lowest BCUT2D eigenvalue weighted by Crippen LogP contribution is -2.00. The topological polar surface area (TPSA) is 15.6 Å². The van der Waals surface area contributed by atoms with E-state index in [-0.39, 0.29) is 0 Å². The largest absolute Gasteiger partial charge is 0.376 e. The molecule has 0 aliphatic heterocycles. The predicted molar refractivity (Wildman–Crippen MR) is 68.6 cm³/mol. The number of nitrogens with zero attached hydrogens (tertiary/aromatic N) is 2. The Bertz CT molecular complexity index is 179. The molecular weight excluding hydrogens is 184 g/mol. The number of unbranched alkanes of at least 4 members (excludes halogenated alkanes) is 6. The number of hydrogen-bond acceptors (Lipinski definition) is 2. The zero-order valence-corrected chi connectivity index (χ0v) is 10.6. The van der Waals surface area contributed by atoms with Crippen molar-refractivity contribution in [2.75, 3.05) is 20.6 Å². The fourth-order valence-corrected chi connectivity index (χ4v) is 1.37. The molecule has 15 heavy (non-hydrogen) atoms. The van der Waals surface area contributed by atoms with Gasteiger partial charge in [0, 0.05) is 20.6 Å². The van der Waals surface area contributed by atoms with E-state index >= 15 is 0 Å². The first-order valence-corrected chi connectivity index (χ1v) is 6.19. The molecule has 0 N–H and O–H groups in total. The third-order valence-corrected chi connectivity index (χ3v) is 2.28. The normalized spacial score (nSPS) is 9.53. The minimum absolute atomic E-state index is 0.929. The van der Waals surface area contributed by atoms with Gasteiger partial charge in [0.15, 0.2) is 0 Å². The Morgan fingerprint density at radius 2 is 1.60 bits per heavy atom. The molecule has 0 atom stereocenters. The Labute approximate surface area is 95.1 Å². The van der Waals surface area contributed by atoms with Crippen molar-refractivity contribution >= 4 is 5.87 Å². The monoisotopic (exact) mass is 210 g/mol. The van der Waals surface area contributed by atoms with Gasteiger partial charge in [-0.25, -0.2) is 4.99 Å². The van der Waals surface area contributed by atoms with Crippen molar-refractivity contribution in [3.8, 4) is 0 Å². The van der Waals surface area contributed by atoms with Gasteiger partial charge in [-0.15, -0.1) is 0 Å². The molecule has 0 amide bonds. The summed E-state index contributed by atoms with van der Waals surface area (Å²) in [5, 5.41) is 0. The van der Waals surface area contributed by atoms with Gasteiger partial charge in [-0.05, 0) is 12.3 Å². The van der Waals surface area contributed by atoms with Crippen LogP contribution >= 0.6 is 0 Å². The fraction of sp³-hybridized carbons (Fsp3) is 0.846. The molecule has 0 saturated heterocycles. The maximum Gasteiger partial charge on any atom is 0.0612 e. The van der Waals surface area contributed by atoms with E-state index in [1.165, 1.54) is 44.9 Å². The quantitative estimate of drug-likeness (QED) is 0.420. The minimum Gasteiger partial charge on any atom is -0.376 e. The van der Waals surface area contributed by atoms with Crippen LogP contribution < -0.4 is 0 Å². The van der Waals surface area contributed by atoms with Gasteiger partial charge in [0.1, 0.15) is 0 Å². The average molecular weight is 210 g/mol. The zero-order chi connectivity index (χ0) is 11.4. The van der Waals surface area contributed by atoms with Crippen LogP contribution in [0.5, 0.6) is 0 Å². The third kappa shape index (κ3) is 13.2. The van der Waals surface area contributed by atoms with E-state index in [4.69, 9.17) is 0 Å². The van der Waals surface area contributed by atoms with Crippen LogP contribution in [0.4, 0.5) is 0 Å². The lowest BCUT2D eigenvalue weighted by molar-refractivity contribution is 0.569. The molecule has 0 aromatic heterocycles. The lowest BCUT2D eigenvalue weighted by atomic mass is 10.1. The molecule has 2 heteroatoms. The van der Waals surface area contributed by atoms with Crippen LogP contribution in [0.2, 0.25) is 0 Å². The molecule has 88 valence electrons. The first-order chi connectivity index (χ1) is 7.27. The number of aliphatic imine (C=N–C) groups is 1. The summed E-state index contributed by atoms with van der Waals surface area (Å²) in [6.45, 7) is 3.18. The van der Waals surface area contributed by atoms with Gasteiger partial charge >= 0.3 is 0 Å². The van der Waals surface area contributed by atoms with Gasteiger partial charge in [0.05, 0.1) is 6.20 Å². The maximum absolute atomic E-state index is 4.20. The van der Waals surface area contributed by atoms with E-state index in [0.717, 1.165) is 6.54 Å². The molecule has 0 saturated carbocycles. The Hall–Kier alpha value is -0.750. The highest BCUT2D eigenvalue weighted by Crippen LogP contribution is 2.06. The molecule has 2 nitrogen and oxygen atoms in total. The first kappa shape index (κ1) is 14.2. The van der Waals surface area contributed by atoms with Crippen molar-refractivity contribution < 1.29 is 0 Å². The second kappa shape index (κ2) is 11.3. The summed E-state index contributed by atoms with van der Waals surface area (Å²) < 4.78 is 0. The minimum atomic E-state index is 0.929. The van der Waals surface area contributed by atoms with Gasteiger partial charge < -0.3 is 4.90 Å². The van der Waals surface area contributed by atoms with Gasteiger partial charge in [0.25, 0.3) is 0 Å². The van der Waals surface area contributed by atoms with Gasteiger partial charge in [-0.2, -0.15) is 0 Å². The van der Waals surface area contributed by atoms with Gasteiger partial charge in [-0.3, -0.25) is 0 Å². The van der Waals surface area contributed by atoms with E-state index in [2.05, 4.69) is 17.8 Å². The van der Waals surface area contributed by atoms with E-state index in [1.54, 1.807) is 0 Å². The fourth-order valence-electron chi connectivity index (χ4n) is 1.37. The molecule has 0 aliphatic rings. The SMILES string of the molecule is CCCCCCCCCN=C=CN(C)C. The molecule has 0 aromatic rings. The van der Waals surface area contributed by atoms with Crippen molar-refractivity contribution in [1.29, 1.82) is 0 Å². The summed E-state index contributed by atoms with van der Waals surface area (Å²) >= 11 is 0. The number of hydrogen-bond donors (Lipinski definition) is 0. The molecule has 0 aliphatic carbocycles. The summed E-state index contributed by atoms with van der Waals surface area (Å²) in [6.07, 6.45) is 11.3. The molecule has 0 aromatic carbocycles. The van der Waals surface area contributed by atoms with E-state index in [1.807, 2.05) is 25.2 Å². The van der Waals surface area contributed by atoms with E-state index < -0.39 is 0 Å². The van der Waals surface area contributed by atoms with Crippen LogP contribution in [-0.2, 0) is 0 Å². The average Bonchev–Trinajstić information content (AvgIpc) is 2.20. The second-order valence-electron chi connectivity index (χ2n) is 4.22. The van der Waals surface area contributed by atoms with Gasteiger partial charge in [0.2, 0.25) is 0 Å². The first-order valence-electron chi connectivity index (χ1n) is 6.19. The molecule has 0 heterocycles. The Morgan fingerprint density at radius 3 is 2.20 bits per heavy atom. The molecule has 0 bridgehead atoms. The predicted octanol–water partition coefficient (Wildman–Crippen LogP) is 3.48. The number of rotatable bonds is 9. The summed E-state index contributed by atoms with van der Waals surface area (Å²) in [4.78, 5) is 6.15. The Kier molecular flexibility index (Phi) is 10.8. The second-order valence-corrected chi connectivity index (χ2v) is 4.22. The van der Waals surface area contributed by atoms with Crippen LogP contribution in [0.3, 0.4) is 0 Å². The highest BCUT2D eigenvalue weighted by molar-refractivity contribution is 5.50. The van der Waals surface area contributed by atoms with Crippen LogP contribution in [0.1, 0.15) is 51.9 Å². The molecule has 0 spiro atoms. The van der Waals surface area contributed by atoms with Crippen LogP contribution in [-0.4, -0.2) is 31.4 Å².